The van der Waals surface area contributed by atoms with Crippen molar-refractivity contribution in [1.29, 1.82) is 0 Å². The largest absolute Gasteiger partial charge is 0.493 e. The van der Waals surface area contributed by atoms with Crippen molar-refractivity contribution in [3.8, 4) is 17.2 Å². The second-order valence-corrected chi connectivity index (χ2v) is 6.08. The molecule has 0 saturated heterocycles. The van der Waals surface area contributed by atoms with E-state index in [1.165, 1.54) is 40.4 Å². The Morgan fingerprint density at radius 2 is 1.63 bits per heavy atom. The van der Waals surface area contributed by atoms with E-state index < -0.39 is 18.5 Å². The molecule has 30 heavy (non-hydrogen) atoms. The van der Waals surface area contributed by atoms with Crippen molar-refractivity contribution in [2.45, 2.75) is 6.92 Å². The van der Waals surface area contributed by atoms with Crippen molar-refractivity contribution in [1.82, 2.24) is 0 Å². The van der Waals surface area contributed by atoms with Crippen molar-refractivity contribution >= 4 is 29.4 Å². The second-order valence-electron chi connectivity index (χ2n) is 6.08. The molecule has 0 aliphatic carbocycles. The van der Waals surface area contributed by atoms with E-state index in [-0.39, 0.29) is 5.78 Å². The summed E-state index contributed by atoms with van der Waals surface area (Å²) < 4.78 is 20.7. The van der Waals surface area contributed by atoms with Gasteiger partial charge in [-0.1, -0.05) is 12.1 Å². The Morgan fingerprint density at radius 1 is 0.967 bits per heavy atom. The van der Waals surface area contributed by atoms with Crippen LogP contribution in [0.4, 0.5) is 5.69 Å². The van der Waals surface area contributed by atoms with Crippen molar-refractivity contribution in [3.05, 3.63) is 53.6 Å². The highest BCUT2D eigenvalue weighted by Gasteiger charge is 2.12. The third-order valence-corrected chi connectivity index (χ3v) is 4.00. The Bertz CT molecular complexity index is 941. The summed E-state index contributed by atoms with van der Waals surface area (Å²) in [7, 11) is 4.47. The molecule has 1 amide bonds. The average molecular weight is 413 g/mol. The summed E-state index contributed by atoms with van der Waals surface area (Å²) in [6.07, 6.45) is 2.69. The number of carbonyl (C=O) groups excluding carboxylic acids is 3. The van der Waals surface area contributed by atoms with E-state index in [0.29, 0.717) is 34.1 Å². The summed E-state index contributed by atoms with van der Waals surface area (Å²) in [5.41, 5.74) is 1.53. The van der Waals surface area contributed by atoms with Gasteiger partial charge < -0.3 is 24.3 Å². The van der Waals surface area contributed by atoms with Gasteiger partial charge in [0.15, 0.2) is 23.9 Å². The van der Waals surface area contributed by atoms with Crippen LogP contribution in [0.25, 0.3) is 6.08 Å². The van der Waals surface area contributed by atoms with Crippen molar-refractivity contribution < 1.29 is 33.3 Å². The predicted octanol–water partition coefficient (Wildman–Crippen LogP) is 3.11. The zero-order valence-electron chi connectivity index (χ0n) is 17.2. The summed E-state index contributed by atoms with van der Waals surface area (Å²) in [5, 5.41) is 2.57. The van der Waals surface area contributed by atoms with Crippen LogP contribution < -0.4 is 19.5 Å². The average Bonchev–Trinajstić information content (AvgIpc) is 2.75. The molecule has 0 aliphatic heterocycles. The van der Waals surface area contributed by atoms with Crippen LogP contribution in [0.15, 0.2) is 42.5 Å². The topological polar surface area (TPSA) is 100 Å². The van der Waals surface area contributed by atoms with Crippen molar-refractivity contribution in [2.24, 2.45) is 0 Å². The molecule has 2 aromatic carbocycles. The van der Waals surface area contributed by atoms with Gasteiger partial charge in [0.05, 0.1) is 21.3 Å². The molecule has 0 fully saturated rings. The van der Waals surface area contributed by atoms with Gasteiger partial charge in [-0.05, 0) is 42.8 Å². The normalized spacial score (nSPS) is 10.4. The van der Waals surface area contributed by atoms with Crippen LogP contribution >= 0.6 is 0 Å². The third-order valence-electron chi connectivity index (χ3n) is 4.00. The summed E-state index contributed by atoms with van der Waals surface area (Å²) in [4.78, 5) is 35.3. The number of anilines is 1. The molecule has 0 spiro atoms. The molecule has 2 rings (SSSR count). The summed E-state index contributed by atoms with van der Waals surface area (Å²) in [6, 6.07) is 9.81. The summed E-state index contributed by atoms with van der Waals surface area (Å²) >= 11 is 0. The Labute approximate surface area is 174 Å². The standard InChI is InChI=1S/C22H23NO7/c1-14(24)16-6-5-7-17(12-16)23-20(25)13-30-21(26)9-8-15-10-18(27-2)22(29-4)19(11-15)28-3/h5-12H,13H2,1-4H3,(H,23,25). The fourth-order valence-corrected chi connectivity index (χ4v) is 2.56. The lowest BCUT2D eigenvalue weighted by Crippen LogP contribution is -2.20. The monoisotopic (exact) mass is 413 g/mol. The van der Waals surface area contributed by atoms with E-state index in [2.05, 4.69) is 5.32 Å². The minimum atomic E-state index is -0.698. The molecule has 8 heteroatoms. The molecule has 1 N–H and O–H groups in total. The Balaban J connectivity index is 1.96. The minimum Gasteiger partial charge on any atom is -0.493 e. The first-order valence-corrected chi connectivity index (χ1v) is 8.93. The summed E-state index contributed by atoms with van der Waals surface area (Å²) in [5.74, 6) is -0.0182. The van der Waals surface area contributed by atoms with Gasteiger partial charge in [-0.15, -0.1) is 0 Å². The molecule has 0 bridgehead atoms. The maximum absolute atomic E-state index is 12.0. The Morgan fingerprint density at radius 3 is 2.20 bits per heavy atom. The molecular formula is C22H23NO7. The van der Waals surface area contributed by atoms with Crippen LogP contribution in [0.2, 0.25) is 0 Å². The number of hydrogen-bond acceptors (Lipinski definition) is 7. The number of rotatable bonds is 9. The molecular weight excluding hydrogens is 390 g/mol. The molecule has 0 saturated carbocycles. The lowest BCUT2D eigenvalue weighted by atomic mass is 10.1. The number of benzene rings is 2. The maximum atomic E-state index is 12.0. The molecule has 158 valence electrons. The molecule has 0 radical (unpaired) electrons. The van der Waals surface area contributed by atoms with Gasteiger partial charge >= 0.3 is 5.97 Å². The van der Waals surface area contributed by atoms with Gasteiger partial charge in [-0.25, -0.2) is 4.79 Å². The van der Waals surface area contributed by atoms with Crippen LogP contribution in [-0.2, 0) is 14.3 Å². The van der Waals surface area contributed by atoms with Crippen LogP contribution in [-0.4, -0.2) is 45.6 Å². The molecule has 0 unspecified atom stereocenters. The lowest BCUT2D eigenvalue weighted by Gasteiger charge is -2.12. The summed E-state index contributed by atoms with van der Waals surface area (Å²) in [6.45, 7) is 0.964. The van der Waals surface area contributed by atoms with Crippen molar-refractivity contribution in [2.75, 3.05) is 33.3 Å². The van der Waals surface area contributed by atoms with Crippen LogP contribution in [0, 0.1) is 0 Å². The third kappa shape index (κ3) is 6.10. The highest BCUT2D eigenvalue weighted by molar-refractivity contribution is 5.98. The van der Waals surface area contributed by atoms with E-state index in [4.69, 9.17) is 18.9 Å². The van der Waals surface area contributed by atoms with Gasteiger partial charge in [0, 0.05) is 17.3 Å². The number of ketones is 1. The van der Waals surface area contributed by atoms with Crippen LogP contribution in [0.1, 0.15) is 22.8 Å². The smallest absolute Gasteiger partial charge is 0.331 e. The number of carbonyl (C=O) groups is 3. The first-order valence-electron chi connectivity index (χ1n) is 8.93. The zero-order valence-corrected chi connectivity index (χ0v) is 17.2. The number of amides is 1. The van der Waals surface area contributed by atoms with Gasteiger partial charge in [-0.3, -0.25) is 9.59 Å². The minimum absolute atomic E-state index is 0.116. The number of nitrogens with one attached hydrogen (secondary N) is 1. The highest BCUT2D eigenvalue weighted by Crippen LogP contribution is 2.38. The van der Waals surface area contributed by atoms with Crippen molar-refractivity contribution in [3.63, 3.8) is 0 Å². The van der Waals surface area contributed by atoms with Crippen LogP contribution in [0.3, 0.4) is 0 Å². The zero-order chi connectivity index (χ0) is 22.1. The number of hydrogen-bond donors (Lipinski definition) is 1. The maximum Gasteiger partial charge on any atom is 0.331 e. The highest BCUT2D eigenvalue weighted by atomic mass is 16.5. The molecule has 8 nitrogen and oxygen atoms in total. The molecule has 0 heterocycles. The number of methoxy groups -OCH3 is 3. The fraction of sp³-hybridized carbons (Fsp3) is 0.227. The van der Waals surface area contributed by atoms with E-state index in [1.807, 2.05) is 0 Å². The predicted molar refractivity (Wildman–Crippen MR) is 111 cm³/mol. The van der Waals surface area contributed by atoms with E-state index >= 15 is 0 Å². The van der Waals surface area contributed by atoms with Gasteiger partial charge in [0.2, 0.25) is 5.75 Å². The quantitative estimate of drug-likeness (QED) is 0.383. The van der Waals surface area contributed by atoms with E-state index in [1.54, 1.807) is 36.4 Å². The van der Waals surface area contributed by atoms with Gasteiger partial charge in [0.25, 0.3) is 5.91 Å². The molecule has 2 aromatic rings. The first-order chi connectivity index (χ1) is 14.4. The van der Waals surface area contributed by atoms with Crippen LogP contribution in [0.5, 0.6) is 17.2 Å². The molecule has 0 atom stereocenters. The van der Waals surface area contributed by atoms with Gasteiger partial charge in [0.1, 0.15) is 0 Å². The molecule has 0 aliphatic rings. The number of esters is 1. The van der Waals surface area contributed by atoms with E-state index in [0.717, 1.165) is 0 Å². The van der Waals surface area contributed by atoms with E-state index in [9.17, 15) is 14.4 Å². The van der Waals surface area contributed by atoms with Gasteiger partial charge in [-0.2, -0.15) is 0 Å². The fourth-order valence-electron chi connectivity index (χ4n) is 2.56. The Kier molecular flexibility index (Phi) is 7.99. The Hall–Kier alpha value is -3.81. The lowest BCUT2D eigenvalue weighted by molar-refractivity contribution is -0.142. The SMILES string of the molecule is COc1cc(C=CC(=O)OCC(=O)Nc2cccc(C(C)=O)c2)cc(OC)c1OC. The second kappa shape index (κ2) is 10.7. The number of Topliss-reactive ketones (excluding diaryl/α,β-unsaturated/α-hetero) is 1. The first kappa shape index (κ1) is 22.5. The number of ether oxygens (including phenoxy) is 4. The molecule has 0 aromatic heterocycles.